The zero-order chi connectivity index (χ0) is 22.0. The van der Waals surface area contributed by atoms with Crippen LogP contribution in [0.3, 0.4) is 0 Å². The second kappa shape index (κ2) is 17.0. The Morgan fingerprint density at radius 2 is 1.43 bits per heavy atom. The Bertz CT molecular complexity index is 605. The van der Waals surface area contributed by atoms with Gasteiger partial charge in [0.25, 0.3) is 0 Å². The van der Waals surface area contributed by atoms with Crippen molar-refractivity contribution in [2.75, 3.05) is 6.61 Å². The molecular formula is C24H38O5S. The van der Waals surface area contributed by atoms with E-state index in [2.05, 4.69) is 0 Å². The minimum Gasteiger partial charge on any atom is -0.492 e. The fourth-order valence-electron chi connectivity index (χ4n) is 3.29. The Hall–Kier alpha value is -1.69. The van der Waals surface area contributed by atoms with Gasteiger partial charge in [-0.15, -0.1) is 11.8 Å². The molecule has 0 aliphatic heterocycles. The SMILES string of the molecule is CCC(CC(=O)O)Sc1ccccc1OCCCCCCCCCCCCC(=O)O. The van der Waals surface area contributed by atoms with Crippen LogP contribution in [0.1, 0.15) is 90.4 Å². The maximum Gasteiger partial charge on any atom is 0.304 e. The molecule has 1 atom stereocenters. The minimum absolute atomic E-state index is 0.0596. The first-order valence-electron chi connectivity index (χ1n) is 11.3. The highest BCUT2D eigenvalue weighted by molar-refractivity contribution is 8.00. The molecule has 0 aliphatic carbocycles. The number of hydrogen-bond acceptors (Lipinski definition) is 4. The van der Waals surface area contributed by atoms with E-state index in [4.69, 9.17) is 14.9 Å². The van der Waals surface area contributed by atoms with E-state index in [1.165, 1.54) is 32.1 Å². The van der Waals surface area contributed by atoms with Crippen molar-refractivity contribution in [3.63, 3.8) is 0 Å². The third-order valence-electron chi connectivity index (χ3n) is 5.04. The Balaban J connectivity index is 2.10. The van der Waals surface area contributed by atoms with Crippen molar-refractivity contribution in [1.29, 1.82) is 0 Å². The van der Waals surface area contributed by atoms with Crippen LogP contribution in [0.25, 0.3) is 0 Å². The van der Waals surface area contributed by atoms with Gasteiger partial charge in [-0.25, -0.2) is 0 Å². The van der Waals surface area contributed by atoms with Crippen LogP contribution in [0.15, 0.2) is 29.2 Å². The highest BCUT2D eigenvalue weighted by Gasteiger charge is 2.15. The molecule has 0 amide bonds. The maximum atomic E-state index is 11.0. The second-order valence-corrected chi connectivity index (χ2v) is 9.06. The van der Waals surface area contributed by atoms with E-state index in [1.807, 2.05) is 31.2 Å². The van der Waals surface area contributed by atoms with Crippen LogP contribution in [0.2, 0.25) is 0 Å². The van der Waals surface area contributed by atoms with E-state index < -0.39 is 11.9 Å². The van der Waals surface area contributed by atoms with Crippen LogP contribution < -0.4 is 4.74 Å². The molecule has 30 heavy (non-hydrogen) atoms. The molecule has 1 aromatic rings. The number of ether oxygens (including phenoxy) is 1. The molecule has 0 saturated carbocycles. The van der Waals surface area contributed by atoms with Crippen molar-refractivity contribution in [3.8, 4) is 5.75 Å². The van der Waals surface area contributed by atoms with Gasteiger partial charge < -0.3 is 14.9 Å². The number of para-hydroxylation sites is 1. The lowest BCUT2D eigenvalue weighted by atomic mass is 10.1. The van der Waals surface area contributed by atoms with Crippen molar-refractivity contribution in [2.45, 2.75) is 101 Å². The molecule has 0 spiro atoms. The minimum atomic E-state index is -0.758. The average molecular weight is 439 g/mol. The van der Waals surface area contributed by atoms with Crippen molar-refractivity contribution in [1.82, 2.24) is 0 Å². The van der Waals surface area contributed by atoms with Gasteiger partial charge in [-0.1, -0.05) is 70.4 Å². The van der Waals surface area contributed by atoms with Crippen molar-refractivity contribution < 1.29 is 24.5 Å². The van der Waals surface area contributed by atoms with Gasteiger partial charge >= 0.3 is 11.9 Å². The summed E-state index contributed by atoms with van der Waals surface area (Å²) >= 11 is 1.59. The molecule has 0 saturated heterocycles. The number of hydrogen-bond donors (Lipinski definition) is 2. The van der Waals surface area contributed by atoms with Gasteiger partial charge in [0, 0.05) is 16.6 Å². The molecule has 1 rings (SSSR count). The fourth-order valence-corrected chi connectivity index (χ4v) is 4.44. The summed E-state index contributed by atoms with van der Waals surface area (Å²) in [6, 6.07) is 7.90. The van der Waals surface area contributed by atoms with Gasteiger partial charge in [-0.05, 0) is 31.4 Å². The number of carboxylic acid groups (broad SMARTS) is 2. The van der Waals surface area contributed by atoms with Crippen LogP contribution in [0.4, 0.5) is 0 Å². The summed E-state index contributed by atoms with van der Waals surface area (Å²) in [5.41, 5.74) is 0. The Morgan fingerprint density at radius 3 is 2.00 bits per heavy atom. The molecule has 0 bridgehead atoms. The van der Waals surface area contributed by atoms with Gasteiger partial charge in [0.2, 0.25) is 0 Å². The number of thioether (sulfide) groups is 1. The Labute approximate surface area is 185 Å². The first-order chi connectivity index (χ1) is 14.5. The lowest BCUT2D eigenvalue weighted by Gasteiger charge is -2.15. The zero-order valence-corrected chi connectivity index (χ0v) is 19.1. The summed E-state index contributed by atoms with van der Waals surface area (Å²) in [6.07, 6.45) is 12.6. The van der Waals surface area contributed by atoms with E-state index in [1.54, 1.807) is 11.8 Å². The predicted octanol–water partition coefficient (Wildman–Crippen LogP) is 6.79. The van der Waals surface area contributed by atoms with Crippen LogP contribution in [-0.2, 0) is 9.59 Å². The molecule has 1 unspecified atom stereocenters. The highest BCUT2D eigenvalue weighted by Crippen LogP contribution is 2.34. The summed E-state index contributed by atoms with van der Waals surface area (Å²) < 4.78 is 5.98. The molecular weight excluding hydrogens is 400 g/mol. The third-order valence-corrected chi connectivity index (χ3v) is 6.47. The van der Waals surface area contributed by atoms with Gasteiger partial charge in [0.1, 0.15) is 5.75 Å². The summed E-state index contributed by atoms with van der Waals surface area (Å²) in [7, 11) is 0. The lowest BCUT2D eigenvalue weighted by Crippen LogP contribution is -2.09. The molecule has 170 valence electrons. The molecule has 0 radical (unpaired) electrons. The Morgan fingerprint density at radius 1 is 0.867 bits per heavy atom. The van der Waals surface area contributed by atoms with Gasteiger partial charge in [-0.3, -0.25) is 9.59 Å². The predicted molar refractivity (Wildman–Crippen MR) is 123 cm³/mol. The molecule has 1 aromatic carbocycles. The summed E-state index contributed by atoms with van der Waals surface area (Å²) in [5.74, 6) is -0.593. The fraction of sp³-hybridized carbons (Fsp3) is 0.667. The zero-order valence-electron chi connectivity index (χ0n) is 18.3. The normalized spacial score (nSPS) is 11.9. The number of unbranched alkanes of at least 4 members (excludes halogenated alkanes) is 9. The number of aliphatic carboxylic acids is 2. The van der Waals surface area contributed by atoms with Gasteiger partial charge in [0.05, 0.1) is 13.0 Å². The van der Waals surface area contributed by atoms with Crippen LogP contribution in [0.5, 0.6) is 5.75 Å². The van der Waals surface area contributed by atoms with Crippen molar-refractivity contribution in [3.05, 3.63) is 24.3 Å². The summed E-state index contributed by atoms with van der Waals surface area (Å²) in [4.78, 5) is 22.5. The molecule has 6 heteroatoms. The number of carbonyl (C=O) groups is 2. The molecule has 5 nitrogen and oxygen atoms in total. The van der Waals surface area contributed by atoms with E-state index in [9.17, 15) is 9.59 Å². The van der Waals surface area contributed by atoms with E-state index in [-0.39, 0.29) is 11.7 Å². The third kappa shape index (κ3) is 13.5. The lowest BCUT2D eigenvalue weighted by molar-refractivity contribution is -0.138. The second-order valence-electron chi connectivity index (χ2n) is 7.72. The van der Waals surface area contributed by atoms with E-state index in [0.717, 1.165) is 49.2 Å². The Kier molecular flexibility index (Phi) is 15.0. The first-order valence-corrected chi connectivity index (χ1v) is 12.2. The van der Waals surface area contributed by atoms with Crippen LogP contribution >= 0.6 is 11.8 Å². The van der Waals surface area contributed by atoms with Crippen molar-refractivity contribution >= 4 is 23.7 Å². The number of benzene rings is 1. The average Bonchev–Trinajstić information content (AvgIpc) is 2.71. The quantitative estimate of drug-likeness (QED) is 0.183. The molecule has 0 aromatic heterocycles. The highest BCUT2D eigenvalue weighted by atomic mass is 32.2. The molecule has 0 aliphatic rings. The monoisotopic (exact) mass is 438 g/mol. The first kappa shape index (κ1) is 26.3. The van der Waals surface area contributed by atoms with Crippen molar-refractivity contribution in [2.24, 2.45) is 0 Å². The largest absolute Gasteiger partial charge is 0.492 e. The molecule has 0 heterocycles. The van der Waals surface area contributed by atoms with Crippen LogP contribution in [0, 0.1) is 0 Å². The van der Waals surface area contributed by atoms with Crippen LogP contribution in [-0.4, -0.2) is 34.0 Å². The molecule has 2 N–H and O–H groups in total. The standard InChI is InChI=1S/C24H38O5S/c1-2-20(19-24(27)28)30-22-16-13-12-15-21(22)29-18-14-10-8-6-4-3-5-7-9-11-17-23(25)26/h12-13,15-16,20H,2-11,14,17-19H2,1H3,(H,25,26)(H,27,28). The topological polar surface area (TPSA) is 83.8 Å². The number of rotatable bonds is 19. The summed E-state index contributed by atoms with van der Waals surface area (Å²) in [6.45, 7) is 2.71. The maximum absolute atomic E-state index is 11.0. The molecule has 0 fully saturated rings. The van der Waals surface area contributed by atoms with E-state index >= 15 is 0 Å². The van der Waals surface area contributed by atoms with E-state index in [0.29, 0.717) is 13.0 Å². The van der Waals surface area contributed by atoms with Gasteiger partial charge in [-0.2, -0.15) is 0 Å². The smallest absolute Gasteiger partial charge is 0.304 e. The number of carboxylic acids is 2. The van der Waals surface area contributed by atoms with Gasteiger partial charge in [0.15, 0.2) is 0 Å². The summed E-state index contributed by atoms with van der Waals surface area (Å²) in [5, 5.41) is 17.7.